The van der Waals surface area contributed by atoms with Crippen LogP contribution in [0.15, 0.2) is 67.3 Å². The van der Waals surface area contributed by atoms with E-state index < -0.39 is 30.1 Å². The SMILES string of the molecule is C=CCC[C@H](NC(=O)[C@@H]1Cc2ccccc2CN1C(=O)OCc1ccccc1)C(=O)O. The average Bonchev–Trinajstić information content (AvgIpc) is 2.79. The fourth-order valence-corrected chi connectivity index (χ4v) is 3.56. The summed E-state index contributed by atoms with van der Waals surface area (Å²) in [6, 6.07) is 14.9. The monoisotopic (exact) mass is 422 g/mol. The van der Waals surface area contributed by atoms with Crippen LogP contribution in [0.3, 0.4) is 0 Å². The molecule has 2 aromatic rings. The number of carboxylic acid groups (broad SMARTS) is 1. The number of fused-ring (bicyclic) bond motifs is 1. The standard InChI is InChI=1S/C24H26N2O5/c1-2-3-13-20(23(28)29)25-22(27)21-14-18-11-7-8-12-19(18)15-26(21)24(30)31-16-17-9-5-4-6-10-17/h2,4-12,20-21H,1,3,13-16H2,(H,25,27)(H,28,29)/t20-,21-/m0/s1. The van der Waals surface area contributed by atoms with E-state index in [4.69, 9.17) is 4.74 Å². The number of aliphatic carboxylic acids is 1. The summed E-state index contributed by atoms with van der Waals surface area (Å²) < 4.78 is 5.46. The van der Waals surface area contributed by atoms with Crippen LogP contribution in [-0.4, -0.2) is 40.1 Å². The second kappa shape index (κ2) is 10.4. The van der Waals surface area contributed by atoms with Crippen molar-refractivity contribution in [3.63, 3.8) is 0 Å². The molecule has 0 aromatic heterocycles. The van der Waals surface area contributed by atoms with Crippen molar-refractivity contribution in [3.8, 4) is 0 Å². The molecule has 2 atom stereocenters. The number of nitrogens with one attached hydrogen (secondary N) is 1. The van der Waals surface area contributed by atoms with Crippen LogP contribution in [0.4, 0.5) is 4.79 Å². The van der Waals surface area contributed by atoms with Crippen LogP contribution in [0.2, 0.25) is 0 Å². The van der Waals surface area contributed by atoms with Gasteiger partial charge in [0, 0.05) is 6.42 Å². The summed E-state index contributed by atoms with van der Waals surface area (Å²) in [6.07, 6.45) is 1.96. The van der Waals surface area contributed by atoms with Gasteiger partial charge in [0.25, 0.3) is 0 Å². The van der Waals surface area contributed by atoms with E-state index in [-0.39, 0.29) is 26.0 Å². The number of carbonyl (C=O) groups is 3. The Hall–Kier alpha value is -3.61. The van der Waals surface area contributed by atoms with Crippen molar-refractivity contribution in [2.75, 3.05) is 0 Å². The van der Waals surface area contributed by atoms with Gasteiger partial charge in [0.1, 0.15) is 18.7 Å². The number of carbonyl (C=O) groups excluding carboxylic acids is 2. The zero-order valence-electron chi connectivity index (χ0n) is 17.2. The van der Waals surface area contributed by atoms with E-state index in [0.29, 0.717) is 6.42 Å². The molecule has 1 aliphatic heterocycles. The molecule has 0 spiro atoms. The number of rotatable bonds is 8. The second-order valence-electron chi connectivity index (χ2n) is 7.42. The lowest BCUT2D eigenvalue weighted by Crippen LogP contribution is -2.55. The lowest BCUT2D eigenvalue weighted by Gasteiger charge is -2.35. The Morgan fingerprint density at radius 1 is 1.13 bits per heavy atom. The number of benzene rings is 2. The number of hydrogen-bond donors (Lipinski definition) is 2. The highest BCUT2D eigenvalue weighted by atomic mass is 16.6. The molecular weight excluding hydrogens is 396 g/mol. The lowest BCUT2D eigenvalue weighted by atomic mass is 9.93. The molecule has 0 fully saturated rings. The normalized spacial score (nSPS) is 16.0. The van der Waals surface area contributed by atoms with Gasteiger partial charge in [-0.05, 0) is 29.5 Å². The zero-order chi connectivity index (χ0) is 22.2. The van der Waals surface area contributed by atoms with E-state index >= 15 is 0 Å². The van der Waals surface area contributed by atoms with Crippen LogP contribution < -0.4 is 5.32 Å². The van der Waals surface area contributed by atoms with Gasteiger partial charge in [0.05, 0.1) is 6.54 Å². The molecule has 31 heavy (non-hydrogen) atoms. The van der Waals surface area contributed by atoms with E-state index in [9.17, 15) is 19.5 Å². The van der Waals surface area contributed by atoms with E-state index in [1.165, 1.54) is 4.90 Å². The van der Waals surface area contributed by atoms with Crippen molar-refractivity contribution >= 4 is 18.0 Å². The Labute approximate surface area is 181 Å². The molecule has 2 amide bonds. The number of ether oxygens (including phenoxy) is 1. The first-order valence-corrected chi connectivity index (χ1v) is 10.2. The summed E-state index contributed by atoms with van der Waals surface area (Å²) in [5.41, 5.74) is 2.72. The summed E-state index contributed by atoms with van der Waals surface area (Å²) in [5.74, 6) is -1.63. The number of hydrogen-bond acceptors (Lipinski definition) is 4. The van der Waals surface area contributed by atoms with Crippen LogP contribution in [0.25, 0.3) is 0 Å². The maximum absolute atomic E-state index is 13.0. The average molecular weight is 422 g/mol. The van der Waals surface area contributed by atoms with Crippen LogP contribution in [0.5, 0.6) is 0 Å². The van der Waals surface area contributed by atoms with Crippen LogP contribution in [0, 0.1) is 0 Å². The molecule has 0 aliphatic carbocycles. The zero-order valence-corrected chi connectivity index (χ0v) is 17.2. The molecule has 2 aromatic carbocycles. The van der Waals surface area contributed by atoms with Gasteiger partial charge >= 0.3 is 12.1 Å². The van der Waals surface area contributed by atoms with Crippen LogP contribution >= 0.6 is 0 Å². The predicted octanol–water partition coefficient (Wildman–Crippen LogP) is 3.29. The summed E-state index contributed by atoms with van der Waals surface area (Å²) in [7, 11) is 0. The highest BCUT2D eigenvalue weighted by molar-refractivity contribution is 5.90. The Balaban J connectivity index is 1.77. The first-order chi connectivity index (χ1) is 15.0. The second-order valence-corrected chi connectivity index (χ2v) is 7.42. The molecule has 7 heteroatoms. The molecular formula is C24H26N2O5. The minimum atomic E-state index is -1.12. The van der Waals surface area contributed by atoms with Crippen LogP contribution in [0.1, 0.15) is 29.5 Å². The van der Waals surface area contributed by atoms with Gasteiger partial charge in [0.2, 0.25) is 5.91 Å². The molecule has 1 aliphatic rings. The number of nitrogens with zero attached hydrogens (tertiary/aromatic N) is 1. The molecule has 0 bridgehead atoms. The fraction of sp³-hybridized carbons (Fsp3) is 0.292. The van der Waals surface area contributed by atoms with Crippen molar-refractivity contribution in [2.45, 2.75) is 44.5 Å². The van der Waals surface area contributed by atoms with E-state index in [2.05, 4.69) is 11.9 Å². The summed E-state index contributed by atoms with van der Waals surface area (Å²) in [6.45, 7) is 3.89. The smallest absolute Gasteiger partial charge is 0.411 e. The van der Waals surface area contributed by atoms with Gasteiger partial charge < -0.3 is 15.2 Å². The van der Waals surface area contributed by atoms with Gasteiger partial charge in [-0.15, -0.1) is 6.58 Å². The maximum Gasteiger partial charge on any atom is 0.411 e. The first kappa shape index (κ1) is 22.1. The molecule has 7 nitrogen and oxygen atoms in total. The topological polar surface area (TPSA) is 95.9 Å². The predicted molar refractivity (Wildman–Crippen MR) is 115 cm³/mol. The third-order valence-corrected chi connectivity index (χ3v) is 5.26. The molecule has 0 saturated heterocycles. The van der Waals surface area contributed by atoms with E-state index in [1.807, 2.05) is 54.6 Å². The van der Waals surface area contributed by atoms with Gasteiger partial charge in [0.15, 0.2) is 0 Å². The van der Waals surface area contributed by atoms with Gasteiger partial charge in [-0.2, -0.15) is 0 Å². The third kappa shape index (κ3) is 5.72. The van der Waals surface area contributed by atoms with Crippen molar-refractivity contribution in [1.82, 2.24) is 10.2 Å². The number of allylic oxidation sites excluding steroid dienone is 1. The minimum Gasteiger partial charge on any atom is -0.480 e. The largest absolute Gasteiger partial charge is 0.480 e. The fourth-order valence-electron chi connectivity index (χ4n) is 3.56. The first-order valence-electron chi connectivity index (χ1n) is 10.2. The molecule has 0 unspecified atom stereocenters. The highest BCUT2D eigenvalue weighted by Gasteiger charge is 2.37. The van der Waals surface area contributed by atoms with Gasteiger partial charge in [-0.1, -0.05) is 60.7 Å². The molecule has 162 valence electrons. The molecule has 2 N–H and O–H groups in total. The third-order valence-electron chi connectivity index (χ3n) is 5.26. The Morgan fingerprint density at radius 2 is 1.81 bits per heavy atom. The molecule has 3 rings (SSSR count). The number of amides is 2. The molecule has 0 radical (unpaired) electrons. The van der Waals surface area contributed by atoms with E-state index in [1.54, 1.807) is 6.08 Å². The highest BCUT2D eigenvalue weighted by Crippen LogP contribution is 2.24. The summed E-state index contributed by atoms with van der Waals surface area (Å²) >= 11 is 0. The van der Waals surface area contributed by atoms with Crippen LogP contribution in [-0.2, 0) is 33.9 Å². The lowest BCUT2D eigenvalue weighted by molar-refractivity contribution is -0.142. The van der Waals surface area contributed by atoms with Crippen molar-refractivity contribution in [1.29, 1.82) is 0 Å². The molecule has 1 heterocycles. The van der Waals surface area contributed by atoms with E-state index in [0.717, 1.165) is 16.7 Å². The summed E-state index contributed by atoms with van der Waals surface area (Å²) in [4.78, 5) is 38.8. The van der Waals surface area contributed by atoms with Crippen molar-refractivity contribution < 1.29 is 24.2 Å². The quantitative estimate of drug-likeness (QED) is 0.637. The van der Waals surface area contributed by atoms with Gasteiger partial charge in [-0.3, -0.25) is 9.69 Å². The maximum atomic E-state index is 13.0. The van der Waals surface area contributed by atoms with Crippen molar-refractivity contribution in [3.05, 3.63) is 83.9 Å². The Bertz CT molecular complexity index is 944. The van der Waals surface area contributed by atoms with Gasteiger partial charge in [-0.25, -0.2) is 9.59 Å². The summed E-state index contributed by atoms with van der Waals surface area (Å²) in [5, 5.41) is 12.0. The minimum absolute atomic E-state index is 0.0866. The number of carboxylic acids is 1. The Morgan fingerprint density at radius 3 is 2.48 bits per heavy atom. The van der Waals surface area contributed by atoms with Crippen molar-refractivity contribution in [2.24, 2.45) is 0 Å². The Kier molecular flexibility index (Phi) is 7.43. The molecule has 0 saturated carbocycles.